The number of benzene rings is 1. The molecule has 0 spiro atoms. The van der Waals surface area contributed by atoms with Crippen LogP contribution < -0.4 is 21.7 Å². The minimum absolute atomic E-state index is 0.161. The summed E-state index contributed by atoms with van der Waals surface area (Å²) < 4.78 is 5.07. The lowest BCUT2D eigenvalue weighted by Gasteiger charge is -2.22. The first-order valence-corrected chi connectivity index (χ1v) is 9.47. The van der Waals surface area contributed by atoms with E-state index >= 15 is 0 Å². The molecular weight excluding hydrogens is 360 g/mol. The molecule has 0 saturated heterocycles. The molecule has 156 valence electrons. The third-order valence-electron chi connectivity index (χ3n) is 4.55. The molecule has 1 aromatic carbocycles. The molecule has 1 aromatic rings. The van der Waals surface area contributed by atoms with E-state index in [1.807, 2.05) is 32.9 Å². The summed E-state index contributed by atoms with van der Waals surface area (Å²) in [6, 6.07) is 5.98. The number of hydrogen-bond donors (Lipinski definition) is 4. The highest BCUT2D eigenvalue weighted by Crippen LogP contribution is 2.13. The Morgan fingerprint density at radius 1 is 1.07 bits per heavy atom. The molecule has 0 heterocycles. The standard InChI is InChI=1S/C20H32N4O4/c1-13(2)14(3)18(25)24-17(6-5-11-22-20(21)27)19(26)23-16-9-7-15(8-10-16)12-28-4/h7-10,13-14,17H,5-6,11-12H2,1-4H3,(H,23,26)(H,24,25)(H3,21,22,27). The molecule has 4 amide bonds. The highest BCUT2D eigenvalue weighted by Gasteiger charge is 2.24. The molecule has 0 aliphatic rings. The fourth-order valence-electron chi connectivity index (χ4n) is 2.47. The molecule has 2 unspecified atom stereocenters. The van der Waals surface area contributed by atoms with E-state index in [0.29, 0.717) is 31.7 Å². The van der Waals surface area contributed by atoms with Crippen molar-refractivity contribution in [2.45, 2.75) is 46.3 Å². The summed E-state index contributed by atoms with van der Waals surface area (Å²) in [4.78, 5) is 35.9. The van der Waals surface area contributed by atoms with Crippen LogP contribution in [0.5, 0.6) is 0 Å². The SMILES string of the molecule is COCc1ccc(NC(=O)C(CCCNC(N)=O)NC(=O)C(C)C(C)C)cc1. The molecule has 0 bridgehead atoms. The van der Waals surface area contributed by atoms with Crippen molar-refractivity contribution in [3.63, 3.8) is 0 Å². The van der Waals surface area contributed by atoms with Gasteiger partial charge < -0.3 is 26.4 Å². The second kappa shape index (κ2) is 12.0. The zero-order valence-corrected chi connectivity index (χ0v) is 17.1. The fourth-order valence-corrected chi connectivity index (χ4v) is 2.47. The molecule has 0 aromatic heterocycles. The van der Waals surface area contributed by atoms with Gasteiger partial charge >= 0.3 is 6.03 Å². The van der Waals surface area contributed by atoms with Gasteiger partial charge in [0.2, 0.25) is 11.8 Å². The van der Waals surface area contributed by atoms with E-state index < -0.39 is 12.1 Å². The molecule has 2 atom stereocenters. The van der Waals surface area contributed by atoms with Crippen molar-refractivity contribution >= 4 is 23.5 Å². The number of nitrogens with two attached hydrogens (primary N) is 1. The van der Waals surface area contributed by atoms with Gasteiger partial charge in [0.1, 0.15) is 6.04 Å². The quantitative estimate of drug-likeness (QED) is 0.430. The molecule has 28 heavy (non-hydrogen) atoms. The van der Waals surface area contributed by atoms with Crippen molar-refractivity contribution in [2.24, 2.45) is 17.6 Å². The van der Waals surface area contributed by atoms with Gasteiger partial charge in [0.05, 0.1) is 6.61 Å². The van der Waals surface area contributed by atoms with Crippen molar-refractivity contribution in [3.8, 4) is 0 Å². The van der Waals surface area contributed by atoms with E-state index in [-0.39, 0.29) is 23.7 Å². The number of ether oxygens (including phenoxy) is 1. The van der Waals surface area contributed by atoms with Crippen LogP contribution in [-0.2, 0) is 20.9 Å². The summed E-state index contributed by atoms with van der Waals surface area (Å²) in [5.74, 6) is -0.530. The van der Waals surface area contributed by atoms with Gasteiger partial charge in [-0.3, -0.25) is 9.59 Å². The maximum absolute atomic E-state index is 12.7. The number of carbonyl (C=O) groups excluding carboxylic acids is 3. The second-order valence-corrected chi connectivity index (χ2v) is 7.15. The molecule has 0 aliphatic carbocycles. The summed E-state index contributed by atoms with van der Waals surface area (Å²) in [6.45, 7) is 6.57. The minimum Gasteiger partial charge on any atom is -0.380 e. The lowest BCUT2D eigenvalue weighted by atomic mass is 9.96. The Morgan fingerprint density at radius 3 is 2.25 bits per heavy atom. The van der Waals surface area contributed by atoms with E-state index in [0.717, 1.165) is 5.56 Å². The number of hydrogen-bond acceptors (Lipinski definition) is 4. The van der Waals surface area contributed by atoms with Crippen LogP contribution in [-0.4, -0.2) is 37.5 Å². The van der Waals surface area contributed by atoms with E-state index in [9.17, 15) is 14.4 Å². The topological polar surface area (TPSA) is 123 Å². The molecule has 0 fully saturated rings. The van der Waals surface area contributed by atoms with Crippen LogP contribution in [0.2, 0.25) is 0 Å². The normalized spacial score (nSPS) is 12.9. The highest BCUT2D eigenvalue weighted by molar-refractivity contribution is 5.97. The predicted octanol–water partition coefficient (Wildman–Crippen LogP) is 2.00. The van der Waals surface area contributed by atoms with Crippen molar-refractivity contribution < 1.29 is 19.1 Å². The van der Waals surface area contributed by atoms with Crippen LogP contribution >= 0.6 is 0 Å². The van der Waals surface area contributed by atoms with Gasteiger partial charge in [0.25, 0.3) is 0 Å². The van der Waals surface area contributed by atoms with Crippen LogP contribution in [0.4, 0.5) is 10.5 Å². The summed E-state index contributed by atoms with van der Waals surface area (Å²) in [5, 5.41) is 8.14. The molecule has 0 aliphatic heterocycles. The Morgan fingerprint density at radius 2 is 1.71 bits per heavy atom. The lowest BCUT2D eigenvalue weighted by Crippen LogP contribution is -2.46. The Kier molecular flexibility index (Phi) is 10.0. The minimum atomic E-state index is -0.706. The smallest absolute Gasteiger partial charge is 0.312 e. The summed E-state index contributed by atoms with van der Waals surface area (Å²) in [7, 11) is 1.62. The van der Waals surface area contributed by atoms with Crippen LogP contribution in [0.1, 0.15) is 39.2 Å². The van der Waals surface area contributed by atoms with Crippen LogP contribution in [0.15, 0.2) is 24.3 Å². The van der Waals surface area contributed by atoms with Crippen LogP contribution in [0.25, 0.3) is 0 Å². The summed E-state index contributed by atoms with van der Waals surface area (Å²) >= 11 is 0. The van der Waals surface area contributed by atoms with Crippen molar-refractivity contribution in [3.05, 3.63) is 29.8 Å². The number of carbonyl (C=O) groups is 3. The third kappa shape index (κ3) is 8.39. The average Bonchev–Trinajstić information content (AvgIpc) is 2.64. The molecule has 0 radical (unpaired) electrons. The molecule has 8 nitrogen and oxygen atoms in total. The van der Waals surface area contributed by atoms with Crippen LogP contribution in [0, 0.1) is 11.8 Å². The first-order chi connectivity index (χ1) is 13.2. The predicted molar refractivity (Wildman–Crippen MR) is 109 cm³/mol. The number of nitrogens with one attached hydrogen (secondary N) is 3. The third-order valence-corrected chi connectivity index (χ3v) is 4.55. The Balaban J connectivity index is 2.75. The van der Waals surface area contributed by atoms with Gasteiger partial charge in [-0.05, 0) is 36.5 Å². The van der Waals surface area contributed by atoms with Gasteiger partial charge in [0.15, 0.2) is 0 Å². The zero-order chi connectivity index (χ0) is 21.1. The van der Waals surface area contributed by atoms with E-state index in [2.05, 4.69) is 16.0 Å². The number of primary amides is 1. The number of anilines is 1. The first kappa shape index (κ1) is 23.4. The largest absolute Gasteiger partial charge is 0.380 e. The number of rotatable bonds is 11. The van der Waals surface area contributed by atoms with Crippen molar-refractivity contribution in [2.75, 3.05) is 19.0 Å². The first-order valence-electron chi connectivity index (χ1n) is 9.47. The second-order valence-electron chi connectivity index (χ2n) is 7.15. The molecule has 8 heteroatoms. The highest BCUT2D eigenvalue weighted by atomic mass is 16.5. The Labute approximate surface area is 166 Å². The van der Waals surface area contributed by atoms with Gasteiger partial charge in [-0.25, -0.2) is 4.79 Å². The van der Waals surface area contributed by atoms with E-state index in [1.165, 1.54) is 0 Å². The van der Waals surface area contributed by atoms with E-state index in [4.69, 9.17) is 10.5 Å². The van der Waals surface area contributed by atoms with Crippen LogP contribution in [0.3, 0.4) is 0 Å². The van der Waals surface area contributed by atoms with E-state index in [1.54, 1.807) is 19.2 Å². The number of methoxy groups -OCH3 is 1. The number of urea groups is 1. The molecule has 5 N–H and O–H groups in total. The maximum atomic E-state index is 12.7. The fraction of sp³-hybridized carbons (Fsp3) is 0.550. The van der Waals surface area contributed by atoms with Gasteiger partial charge in [0, 0.05) is 25.3 Å². The number of amides is 4. The van der Waals surface area contributed by atoms with Crippen molar-refractivity contribution in [1.29, 1.82) is 0 Å². The van der Waals surface area contributed by atoms with Crippen molar-refractivity contribution in [1.82, 2.24) is 10.6 Å². The summed E-state index contributed by atoms with van der Waals surface area (Å²) in [6.07, 6.45) is 0.884. The average molecular weight is 393 g/mol. The molecule has 1 rings (SSSR count). The maximum Gasteiger partial charge on any atom is 0.312 e. The van der Waals surface area contributed by atoms with Gasteiger partial charge in [-0.15, -0.1) is 0 Å². The molecular formula is C20H32N4O4. The zero-order valence-electron chi connectivity index (χ0n) is 17.1. The summed E-state index contributed by atoms with van der Waals surface area (Å²) in [5.41, 5.74) is 6.68. The van der Waals surface area contributed by atoms with Gasteiger partial charge in [-0.2, -0.15) is 0 Å². The monoisotopic (exact) mass is 392 g/mol. The lowest BCUT2D eigenvalue weighted by molar-refractivity contribution is -0.130. The Bertz CT molecular complexity index is 646. The Hall–Kier alpha value is -2.61. The molecule has 0 saturated carbocycles. The van der Waals surface area contributed by atoms with Gasteiger partial charge in [-0.1, -0.05) is 32.9 Å².